The van der Waals surface area contributed by atoms with Crippen molar-refractivity contribution < 1.29 is 4.79 Å². The van der Waals surface area contributed by atoms with Crippen molar-refractivity contribution in [2.24, 2.45) is 5.73 Å². The lowest BCUT2D eigenvalue weighted by Gasteiger charge is -2.04. The van der Waals surface area contributed by atoms with Gasteiger partial charge in [0.05, 0.1) is 5.01 Å². The largest absolute Gasteiger partial charge is 0.350 e. The average Bonchev–Trinajstić information content (AvgIpc) is 2.90. The monoisotopic (exact) mass is 289 g/mol. The SMILES string of the molecule is Cc1ccc(CCNC(=O)c2csc(CCN)n2)cc1. The van der Waals surface area contributed by atoms with E-state index in [4.69, 9.17) is 5.73 Å². The predicted molar refractivity (Wildman–Crippen MR) is 82.1 cm³/mol. The number of nitrogens with zero attached hydrogens (tertiary/aromatic N) is 1. The maximum Gasteiger partial charge on any atom is 0.270 e. The molecule has 4 nitrogen and oxygen atoms in total. The third kappa shape index (κ3) is 4.15. The van der Waals surface area contributed by atoms with E-state index in [0.717, 1.165) is 17.8 Å². The molecule has 0 aliphatic rings. The van der Waals surface area contributed by atoms with Crippen molar-refractivity contribution in [3.8, 4) is 0 Å². The molecule has 0 radical (unpaired) electrons. The maximum atomic E-state index is 11.9. The van der Waals surface area contributed by atoms with Crippen molar-refractivity contribution >= 4 is 17.2 Å². The van der Waals surface area contributed by atoms with Crippen molar-refractivity contribution in [2.75, 3.05) is 13.1 Å². The lowest BCUT2D eigenvalue weighted by Crippen LogP contribution is -2.26. The summed E-state index contributed by atoms with van der Waals surface area (Å²) >= 11 is 1.48. The first-order valence-corrected chi connectivity index (χ1v) is 7.55. The van der Waals surface area contributed by atoms with Gasteiger partial charge >= 0.3 is 0 Å². The van der Waals surface area contributed by atoms with Gasteiger partial charge in [-0.3, -0.25) is 4.79 Å². The molecule has 0 atom stereocenters. The molecule has 2 aromatic rings. The molecule has 20 heavy (non-hydrogen) atoms. The highest BCUT2D eigenvalue weighted by Gasteiger charge is 2.09. The Kier molecular flexibility index (Phi) is 5.26. The Morgan fingerprint density at radius 2 is 2.05 bits per heavy atom. The van der Waals surface area contributed by atoms with Gasteiger partial charge in [0.25, 0.3) is 5.91 Å². The molecule has 3 N–H and O–H groups in total. The van der Waals surface area contributed by atoms with Crippen LogP contribution in [0, 0.1) is 6.92 Å². The van der Waals surface area contributed by atoms with Crippen molar-refractivity contribution in [1.29, 1.82) is 0 Å². The van der Waals surface area contributed by atoms with E-state index in [1.165, 1.54) is 22.5 Å². The topological polar surface area (TPSA) is 68.0 Å². The van der Waals surface area contributed by atoms with Gasteiger partial charge in [0.2, 0.25) is 0 Å². The minimum absolute atomic E-state index is 0.114. The van der Waals surface area contributed by atoms with Gasteiger partial charge < -0.3 is 11.1 Å². The molecule has 0 aliphatic heterocycles. The smallest absolute Gasteiger partial charge is 0.270 e. The normalized spacial score (nSPS) is 10.5. The molecule has 2 rings (SSSR count). The number of hydrogen-bond acceptors (Lipinski definition) is 4. The first-order chi connectivity index (χ1) is 9.69. The third-order valence-electron chi connectivity index (χ3n) is 2.96. The third-order valence-corrected chi connectivity index (χ3v) is 3.87. The summed E-state index contributed by atoms with van der Waals surface area (Å²) in [5.41, 5.74) is 8.42. The predicted octanol–water partition coefficient (Wildman–Crippen LogP) is 1.93. The van der Waals surface area contributed by atoms with Gasteiger partial charge in [0.1, 0.15) is 5.69 Å². The van der Waals surface area contributed by atoms with Crippen molar-refractivity contribution in [2.45, 2.75) is 19.8 Å². The fourth-order valence-electron chi connectivity index (χ4n) is 1.82. The van der Waals surface area contributed by atoms with Crippen molar-refractivity contribution in [3.63, 3.8) is 0 Å². The summed E-state index contributed by atoms with van der Waals surface area (Å²) in [6, 6.07) is 8.33. The van der Waals surface area contributed by atoms with Gasteiger partial charge in [-0.15, -0.1) is 11.3 Å². The zero-order valence-electron chi connectivity index (χ0n) is 11.6. The van der Waals surface area contributed by atoms with Gasteiger partial charge in [-0.05, 0) is 25.5 Å². The van der Waals surface area contributed by atoms with E-state index in [0.29, 0.717) is 18.8 Å². The molecular weight excluding hydrogens is 270 g/mol. The van der Waals surface area contributed by atoms with Crippen molar-refractivity contribution in [1.82, 2.24) is 10.3 Å². The Labute approximate surface area is 123 Å². The number of rotatable bonds is 6. The molecule has 1 aromatic carbocycles. The van der Waals surface area contributed by atoms with E-state index in [1.54, 1.807) is 5.38 Å². The van der Waals surface area contributed by atoms with Crippen LogP contribution in [0.1, 0.15) is 26.6 Å². The highest BCUT2D eigenvalue weighted by molar-refractivity contribution is 7.09. The van der Waals surface area contributed by atoms with Crippen LogP contribution in [0.5, 0.6) is 0 Å². The van der Waals surface area contributed by atoms with Crippen LogP contribution in [0.2, 0.25) is 0 Å². The summed E-state index contributed by atoms with van der Waals surface area (Å²) in [6.07, 6.45) is 1.55. The van der Waals surface area contributed by atoms with Crippen molar-refractivity contribution in [3.05, 3.63) is 51.5 Å². The van der Waals surface area contributed by atoms with E-state index >= 15 is 0 Å². The van der Waals surface area contributed by atoms with Crippen LogP contribution in [0.3, 0.4) is 0 Å². The minimum Gasteiger partial charge on any atom is -0.350 e. The fourth-order valence-corrected chi connectivity index (χ4v) is 2.61. The Bertz CT molecular complexity index is 563. The molecule has 5 heteroatoms. The lowest BCUT2D eigenvalue weighted by atomic mass is 10.1. The summed E-state index contributed by atoms with van der Waals surface area (Å²) in [6.45, 7) is 3.24. The molecule has 1 amide bonds. The van der Waals surface area contributed by atoms with Crippen LogP contribution in [-0.4, -0.2) is 24.0 Å². The molecule has 0 aliphatic carbocycles. The van der Waals surface area contributed by atoms with Gasteiger partial charge in [-0.2, -0.15) is 0 Å². The molecule has 0 saturated heterocycles. The number of nitrogens with two attached hydrogens (primary N) is 1. The molecule has 0 bridgehead atoms. The quantitative estimate of drug-likeness (QED) is 0.854. The second-order valence-corrected chi connectivity index (χ2v) is 5.60. The Morgan fingerprint density at radius 3 is 2.75 bits per heavy atom. The number of carbonyl (C=O) groups is 1. The molecular formula is C15H19N3OS. The van der Waals surface area contributed by atoms with Gasteiger partial charge in [-0.25, -0.2) is 4.98 Å². The molecule has 0 saturated carbocycles. The van der Waals surface area contributed by atoms with Crippen LogP contribution in [-0.2, 0) is 12.8 Å². The molecule has 1 aromatic heterocycles. The number of hydrogen-bond donors (Lipinski definition) is 2. The molecule has 1 heterocycles. The highest BCUT2D eigenvalue weighted by Crippen LogP contribution is 2.10. The van der Waals surface area contributed by atoms with E-state index in [9.17, 15) is 4.79 Å². The van der Waals surface area contributed by atoms with Gasteiger partial charge in [0.15, 0.2) is 0 Å². The zero-order valence-corrected chi connectivity index (χ0v) is 12.4. The Balaban J connectivity index is 1.81. The Morgan fingerprint density at radius 1 is 1.30 bits per heavy atom. The number of thiazole rings is 1. The standard InChI is InChI=1S/C15H19N3OS/c1-11-2-4-12(5-3-11)7-9-17-15(19)13-10-20-14(18-13)6-8-16/h2-5,10H,6-9,16H2,1H3,(H,17,19). The average molecular weight is 289 g/mol. The molecule has 106 valence electrons. The number of benzene rings is 1. The fraction of sp³-hybridized carbons (Fsp3) is 0.333. The number of aryl methyl sites for hydroxylation is 1. The van der Waals surface area contributed by atoms with Crippen LogP contribution < -0.4 is 11.1 Å². The van der Waals surface area contributed by atoms with E-state index in [2.05, 4.69) is 41.5 Å². The summed E-state index contributed by atoms with van der Waals surface area (Å²) < 4.78 is 0. The number of aromatic nitrogens is 1. The van der Waals surface area contributed by atoms with E-state index in [1.807, 2.05) is 0 Å². The summed E-state index contributed by atoms with van der Waals surface area (Å²) in [7, 11) is 0. The highest BCUT2D eigenvalue weighted by atomic mass is 32.1. The molecule has 0 fully saturated rings. The second kappa shape index (κ2) is 7.17. The first-order valence-electron chi connectivity index (χ1n) is 6.67. The van der Waals surface area contributed by atoms with Gasteiger partial charge in [-0.1, -0.05) is 29.8 Å². The number of nitrogens with one attached hydrogen (secondary N) is 1. The Hall–Kier alpha value is -1.72. The van der Waals surface area contributed by atoms with E-state index in [-0.39, 0.29) is 5.91 Å². The molecule has 0 spiro atoms. The minimum atomic E-state index is -0.114. The summed E-state index contributed by atoms with van der Waals surface area (Å²) in [5.74, 6) is -0.114. The maximum absolute atomic E-state index is 11.9. The van der Waals surface area contributed by atoms with Crippen LogP contribution in [0.25, 0.3) is 0 Å². The molecule has 0 unspecified atom stereocenters. The van der Waals surface area contributed by atoms with Crippen LogP contribution in [0.4, 0.5) is 0 Å². The second-order valence-electron chi connectivity index (χ2n) is 4.66. The van der Waals surface area contributed by atoms with Gasteiger partial charge in [0, 0.05) is 18.3 Å². The lowest BCUT2D eigenvalue weighted by molar-refractivity contribution is 0.0949. The zero-order chi connectivity index (χ0) is 14.4. The number of carbonyl (C=O) groups excluding carboxylic acids is 1. The first kappa shape index (κ1) is 14.7. The van der Waals surface area contributed by atoms with Crippen LogP contribution in [0.15, 0.2) is 29.6 Å². The summed E-state index contributed by atoms with van der Waals surface area (Å²) in [5, 5.41) is 5.59. The summed E-state index contributed by atoms with van der Waals surface area (Å²) in [4.78, 5) is 16.2. The van der Waals surface area contributed by atoms with Crippen LogP contribution >= 0.6 is 11.3 Å². The van der Waals surface area contributed by atoms with E-state index < -0.39 is 0 Å². The number of amides is 1.